The van der Waals surface area contributed by atoms with E-state index < -0.39 is 11.5 Å². The van der Waals surface area contributed by atoms with Gasteiger partial charge in [0.2, 0.25) is 5.95 Å². The molecular weight excluding hydrogens is 302 g/mol. The van der Waals surface area contributed by atoms with Crippen molar-refractivity contribution in [1.29, 1.82) is 0 Å². The number of nitrogens with one attached hydrogen (secondary N) is 1. The predicted molar refractivity (Wildman–Crippen MR) is 82.4 cm³/mol. The molecule has 2 heterocycles. The number of anilines is 1. The molecule has 0 bridgehead atoms. The number of carbonyl (C=O) groups is 2. The van der Waals surface area contributed by atoms with E-state index in [1.165, 1.54) is 6.20 Å². The second-order valence-corrected chi connectivity index (χ2v) is 5.21. The van der Waals surface area contributed by atoms with E-state index in [0.717, 1.165) is 12.8 Å². The zero-order valence-corrected chi connectivity index (χ0v) is 13.3. The summed E-state index contributed by atoms with van der Waals surface area (Å²) in [6.45, 7) is 5.08. The molecule has 1 aromatic rings. The molecule has 1 aliphatic rings. The van der Waals surface area contributed by atoms with Crippen molar-refractivity contribution in [3.05, 3.63) is 22.1 Å². The molecule has 1 atom stereocenters. The average molecular weight is 323 g/mol. The van der Waals surface area contributed by atoms with Crippen LogP contribution in [0.15, 0.2) is 11.0 Å². The van der Waals surface area contributed by atoms with Crippen LogP contribution in [-0.2, 0) is 14.3 Å². The molecule has 0 saturated carbocycles. The predicted octanol–water partition coefficient (Wildman–Crippen LogP) is 0.726. The van der Waals surface area contributed by atoms with Gasteiger partial charge in [-0.05, 0) is 26.7 Å². The van der Waals surface area contributed by atoms with Crippen LogP contribution in [0, 0.1) is 5.92 Å². The number of nitrogens with zero attached hydrogens (tertiary/aromatic N) is 2. The number of aromatic nitrogens is 2. The molecule has 0 radical (unpaired) electrons. The van der Waals surface area contributed by atoms with Gasteiger partial charge in [-0.2, -0.15) is 0 Å². The largest absolute Gasteiger partial charge is 0.466 e. The summed E-state index contributed by atoms with van der Waals surface area (Å²) < 4.78 is 9.84. The first kappa shape index (κ1) is 17.0. The number of esters is 2. The summed E-state index contributed by atoms with van der Waals surface area (Å²) >= 11 is 0. The first-order valence-electron chi connectivity index (χ1n) is 7.74. The summed E-state index contributed by atoms with van der Waals surface area (Å²) in [6, 6.07) is 0. The Morgan fingerprint density at radius 1 is 1.35 bits per heavy atom. The lowest BCUT2D eigenvalue weighted by Crippen LogP contribution is -2.41. The number of ether oxygens (including phenoxy) is 2. The molecule has 1 saturated heterocycles. The topological polar surface area (TPSA) is 102 Å². The number of hydrogen-bond donors (Lipinski definition) is 1. The standard InChI is InChI=1S/C15H21N3O5/c1-3-22-13(20)10-6-5-7-18(9-10)15-16-8-11(12(19)17-15)14(21)23-4-2/h8,10H,3-7,9H2,1-2H3,(H,16,17,19)/t10-/m0/s1. The van der Waals surface area contributed by atoms with E-state index in [2.05, 4.69) is 9.97 Å². The fraction of sp³-hybridized carbons (Fsp3) is 0.600. The maximum absolute atomic E-state index is 12.0. The minimum atomic E-state index is -0.698. The molecule has 23 heavy (non-hydrogen) atoms. The van der Waals surface area contributed by atoms with Crippen LogP contribution in [0.2, 0.25) is 0 Å². The van der Waals surface area contributed by atoms with E-state index in [9.17, 15) is 14.4 Å². The maximum Gasteiger partial charge on any atom is 0.345 e. The molecule has 1 fully saturated rings. The Bertz CT molecular complexity index is 628. The maximum atomic E-state index is 12.0. The second kappa shape index (κ2) is 7.75. The Labute approximate surface area is 133 Å². The Morgan fingerprint density at radius 2 is 2.09 bits per heavy atom. The minimum Gasteiger partial charge on any atom is -0.466 e. The van der Waals surface area contributed by atoms with Gasteiger partial charge in [0, 0.05) is 13.1 Å². The SMILES string of the molecule is CCOC(=O)c1cnc(N2CCC[C@H](C(=O)OCC)C2)[nH]c1=O. The van der Waals surface area contributed by atoms with E-state index in [0.29, 0.717) is 25.6 Å². The summed E-state index contributed by atoms with van der Waals surface area (Å²) in [5, 5.41) is 0. The summed E-state index contributed by atoms with van der Waals surface area (Å²) in [7, 11) is 0. The van der Waals surface area contributed by atoms with E-state index >= 15 is 0 Å². The van der Waals surface area contributed by atoms with Crippen molar-refractivity contribution in [3.63, 3.8) is 0 Å². The fourth-order valence-corrected chi connectivity index (χ4v) is 2.52. The molecule has 0 aromatic carbocycles. The highest BCUT2D eigenvalue weighted by atomic mass is 16.5. The molecule has 1 aromatic heterocycles. The Balaban J connectivity index is 2.12. The highest BCUT2D eigenvalue weighted by Gasteiger charge is 2.28. The van der Waals surface area contributed by atoms with Crippen molar-refractivity contribution in [2.75, 3.05) is 31.2 Å². The molecule has 0 unspecified atom stereocenters. The normalized spacial score (nSPS) is 17.7. The molecule has 0 aliphatic carbocycles. The van der Waals surface area contributed by atoms with Crippen molar-refractivity contribution in [2.24, 2.45) is 5.92 Å². The molecule has 126 valence electrons. The minimum absolute atomic E-state index is 0.130. The van der Waals surface area contributed by atoms with Crippen LogP contribution in [-0.4, -0.2) is 48.2 Å². The van der Waals surface area contributed by atoms with Gasteiger partial charge >= 0.3 is 11.9 Å². The third-order valence-corrected chi connectivity index (χ3v) is 3.62. The van der Waals surface area contributed by atoms with Crippen LogP contribution in [0.25, 0.3) is 0 Å². The zero-order chi connectivity index (χ0) is 16.8. The fourth-order valence-electron chi connectivity index (χ4n) is 2.52. The number of hydrogen-bond acceptors (Lipinski definition) is 7. The summed E-state index contributed by atoms with van der Waals surface area (Å²) in [5.41, 5.74) is -0.679. The van der Waals surface area contributed by atoms with Crippen LogP contribution >= 0.6 is 0 Å². The van der Waals surface area contributed by atoms with Crippen molar-refractivity contribution < 1.29 is 19.1 Å². The third-order valence-electron chi connectivity index (χ3n) is 3.62. The number of piperidine rings is 1. The van der Waals surface area contributed by atoms with E-state index in [1.807, 2.05) is 4.90 Å². The van der Waals surface area contributed by atoms with Gasteiger partial charge in [-0.15, -0.1) is 0 Å². The van der Waals surface area contributed by atoms with Gasteiger partial charge in [0.25, 0.3) is 5.56 Å². The van der Waals surface area contributed by atoms with Gasteiger partial charge in [0.1, 0.15) is 5.56 Å². The Kier molecular flexibility index (Phi) is 5.72. The average Bonchev–Trinajstić information content (AvgIpc) is 2.55. The summed E-state index contributed by atoms with van der Waals surface area (Å²) in [5.74, 6) is -0.825. The van der Waals surface area contributed by atoms with Crippen LogP contribution in [0.4, 0.5) is 5.95 Å². The van der Waals surface area contributed by atoms with E-state index in [1.54, 1.807) is 13.8 Å². The van der Waals surface area contributed by atoms with Gasteiger partial charge in [0.05, 0.1) is 25.3 Å². The van der Waals surface area contributed by atoms with Crippen LogP contribution in [0.1, 0.15) is 37.0 Å². The number of rotatable bonds is 5. The molecular formula is C15H21N3O5. The highest BCUT2D eigenvalue weighted by Crippen LogP contribution is 2.20. The number of aromatic amines is 1. The Hall–Kier alpha value is -2.38. The monoisotopic (exact) mass is 323 g/mol. The molecule has 8 nitrogen and oxygen atoms in total. The molecule has 0 spiro atoms. The molecule has 1 aliphatic heterocycles. The molecule has 0 amide bonds. The number of carbonyl (C=O) groups excluding carboxylic acids is 2. The Morgan fingerprint density at radius 3 is 2.74 bits per heavy atom. The van der Waals surface area contributed by atoms with Gasteiger partial charge in [-0.25, -0.2) is 9.78 Å². The smallest absolute Gasteiger partial charge is 0.345 e. The molecule has 1 N–H and O–H groups in total. The summed E-state index contributed by atoms with van der Waals surface area (Å²) in [4.78, 5) is 44.0. The number of H-pyrrole nitrogens is 1. The van der Waals surface area contributed by atoms with Crippen molar-refractivity contribution >= 4 is 17.9 Å². The quantitative estimate of drug-likeness (QED) is 0.797. The molecule has 8 heteroatoms. The van der Waals surface area contributed by atoms with Crippen LogP contribution < -0.4 is 10.5 Å². The van der Waals surface area contributed by atoms with E-state index in [-0.39, 0.29) is 24.1 Å². The lowest BCUT2D eigenvalue weighted by atomic mass is 9.98. The van der Waals surface area contributed by atoms with E-state index in [4.69, 9.17) is 9.47 Å². The summed E-state index contributed by atoms with van der Waals surface area (Å²) in [6.07, 6.45) is 2.76. The van der Waals surface area contributed by atoms with Gasteiger partial charge < -0.3 is 14.4 Å². The first-order valence-corrected chi connectivity index (χ1v) is 7.74. The van der Waals surface area contributed by atoms with Crippen LogP contribution in [0.3, 0.4) is 0 Å². The van der Waals surface area contributed by atoms with Gasteiger partial charge in [-0.1, -0.05) is 0 Å². The van der Waals surface area contributed by atoms with Crippen molar-refractivity contribution in [2.45, 2.75) is 26.7 Å². The zero-order valence-electron chi connectivity index (χ0n) is 13.3. The lowest BCUT2D eigenvalue weighted by Gasteiger charge is -2.31. The second-order valence-electron chi connectivity index (χ2n) is 5.21. The lowest BCUT2D eigenvalue weighted by molar-refractivity contribution is -0.148. The van der Waals surface area contributed by atoms with Gasteiger partial charge in [-0.3, -0.25) is 14.6 Å². The highest BCUT2D eigenvalue weighted by molar-refractivity contribution is 5.88. The molecule has 2 rings (SSSR count). The third kappa shape index (κ3) is 4.08. The van der Waals surface area contributed by atoms with Crippen LogP contribution in [0.5, 0.6) is 0 Å². The van der Waals surface area contributed by atoms with Crippen molar-refractivity contribution in [3.8, 4) is 0 Å². The van der Waals surface area contributed by atoms with Gasteiger partial charge in [0.15, 0.2) is 0 Å². The van der Waals surface area contributed by atoms with Crippen molar-refractivity contribution in [1.82, 2.24) is 9.97 Å². The first-order chi connectivity index (χ1) is 11.1.